The Bertz CT molecular complexity index is 485. The third-order valence-corrected chi connectivity index (χ3v) is 5.25. The molecule has 2 heterocycles. The number of nitrogens with one attached hydrogen (secondary N) is 1. The maximum Gasteiger partial charge on any atom is 0.233 e. The third kappa shape index (κ3) is 7.41. The lowest BCUT2D eigenvalue weighted by Crippen LogP contribution is -2.42. The number of pyridine rings is 1. The molecule has 1 saturated heterocycles. The van der Waals surface area contributed by atoms with E-state index >= 15 is 0 Å². The Balaban J connectivity index is 0.00000288. The molecule has 4 nitrogen and oxygen atoms in total. The number of amides is 1. The van der Waals surface area contributed by atoms with Gasteiger partial charge in [-0.2, -0.15) is 0 Å². The first-order valence-electron chi connectivity index (χ1n) is 8.50. The van der Waals surface area contributed by atoms with Gasteiger partial charge in [0.05, 0.1) is 18.0 Å². The first-order chi connectivity index (χ1) is 11.0. The fraction of sp³-hybridized carbons (Fsp3) is 0.667. The van der Waals surface area contributed by atoms with Gasteiger partial charge < -0.3 is 10.2 Å². The van der Waals surface area contributed by atoms with E-state index in [0.717, 1.165) is 38.0 Å². The van der Waals surface area contributed by atoms with Crippen LogP contribution in [-0.2, 0) is 11.3 Å². The maximum atomic E-state index is 12.9. The molecule has 0 radical (unpaired) electrons. The predicted octanol–water partition coefficient (Wildman–Crippen LogP) is 3.51. The number of hydrogen-bond donors (Lipinski definition) is 1. The van der Waals surface area contributed by atoms with Gasteiger partial charge in [-0.25, -0.2) is 0 Å². The van der Waals surface area contributed by atoms with Gasteiger partial charge in [0, 0.05) is 17.0 Å². The molecule has 2 rings (SSSR count). The van der Waals surface area contributed by atoms with Gasteiger partial charge in [-0.05, 0) is 44.5 Å². The Kier molecular flexibility index (Phi) is 9.09. The summed E-state index contributed by atoms with van der Waals surface area (Å²) in [5, 5.41) is 3.43. The van der Waals surface area contributed by atoms with Gasteiger partial charge in [-0.1, -0.05) is 26.8 Å². The highest BCUT2D eigenvalue weighted by Crippen LogP contribution is 2.25. The summed E-state index contributed by atoms with van der Waals surface area (Å²) in [7, 11) is 0. The van der Waals surface area contributed by atoms with Gasteiger partial charge >= 0.3 is 0 Å². The van der Waals surface area contributed by atoms with E-state index in [-0.39, 0.29) is 23.1 Å². The molecule has 1 amide bonds. The van der Waals surface area contributed by atoms with Crippen molar-refractivity contribution in [3.63, 3.8) is 0 Å². The van der Waals surface area contributed by atoms with Gasteiger partial charge in [0.1, 0.15) is 0 Å². The number of carbonyl (C=O) groups is 1. The van der Waals surface area contributed by atoms with Crippen molar-refractivity contribution in [3.8, 4) is 0 Å². The van der Waals surface area contributed by atoms with Crippen molar-refractivity contribution in [3.05, 3.63) is 30.1 Å². The number of nitrogens with zero attached hydrogens (tertiary/aromatic N) is 2. The van der Waals surface area contributed by atoms with E-state index in [1.165, 1.54) is 0 Å². The van der Waals surface area contributed by atoms with Crippen LogP contribution in [0.4, 0.5) is 0 Å². The molecule has 1 fully saturated rings. The summed E-state index contributed by atoms with van der Waals surface area (Å²) in [5.41, 5.74) is 0.971. The summed E-state index contributed by atoms with van der Waals surface area (Å²) in [4.78, 5) is 19.3. The number of carbonyl (C=O) groups excluding carboxylic acids is 1. The van der Waals surface area contributed by atoms with E-state index in [9.17, 15) is 4.79 Å². The second-order valence-electron chi connectivity index (χ2n) is 7.08. The highest BCUT2D eigenvalue weighted by molar-refractivity contribution is 8.01. The van der Waals surface area contributed by atoms with Crippen LogP contribution in [0.5, 0.6) is 0 Å². The van der Waals surface area contributed by atoms with E-state index in [2.05, 4.69) is 36.0 Å². The molecule has 1 aromatic rings. The summed E-state index contributed by atoms with van der Waals surface area (Å²) < 4.78 is 0.108. The van der Waals surface area contributed by atoms with Gasteiger partial charge in [0.15, 0.2) is 0 Å². The van der Waals surface area contributed by atoms with E-state index < -0.39 is 0 Å². The van der Waals surface area contributed by atoms with E-state index in [4.69, 9.17) is 0 Å². The lowest BCUT2D eigenvalue weighted by Gasteiger charge is -2.32. The molecule has 1 N–H and O–H groups in total. The summed E-state index contributed by atoms with van der Waals surface area (Å²) >= 11 is 1.72. The Labute approximate surface area is 156 Å². The zero-order chi connectivity index (χ0) is 16.7. The van der Waals surface area contributed by atoms with E-state index in [1.54, 1.807) is 18.0 Å². The average molecular weight is 372 g/mol. The van der Waals surface area contributed by atoms with Crippen LogP contribution in [0.15, 0.2) is 24.4 Å². The molecular formula is C18H30ClN3OS. The molecule has 1 aromatic heterocycles. The highest BCUT2D eigenvalue weighted by atomic mass is 35.5. The van der Waals surface area contributed by atoms with Crippen molar-refractivity contribution in [2.45, 2.75) is 57.4 Å². The molecule has 24 heavy (non-hydrogen) atoms. The molecule has 6 heteroatoms. The SMILES string of the molecule is CC(C)(C)SCC(=O)N(Cc1ccccn1)C1CCCNCC1.Cl. The van der Waals surface area contributed by atoms with Crippen LogP contribution in [0, 0.1) is 0 Å². The molecule has 0 aliphatic carbocycles. The Morgan fingerprint density at radius 3 is 2.79 bits per heavy atom. The molecule has 1 unspecified atom stereocenters. The lowest BCUT2D eigenvalue weighted by atomic mass is 10.1. The van der Waals surface area contributed by atoms with Gasteiger partial charge in [0.25, 0.3) is 0 Å². The normalized spacial score (nSPS) is 18.4. The minimum absolute atomic E-state index is 0. The van der Waals surface area contributed by atoms with Crippen molar-refractivity contribution in [1.82, 2.24) is 15.2 Å². The number of thioether (sulfide) groups is 1. The zero-order valence-electron chi connectivity index (χ0n) is 15.0. The molecule has 0 aromatic carbocycles. The summed E-state index contributed by atoms with van der Waals surface area (Å²) in [6, 6.07) is 6.23. The minimum Gasteiger partial charge on any atom is -0.333 e. The second kappa shape index (κ2) is 10.3. The monoisotopic (exact) mass is 371 g/mol. The Morgan fingerprint density at radius 2 is 2.12 bits per heavy atom. The molecule has 1 aliphatic rings. The maximum absolute atomic E-state index is 12.9. The molecule has 1 atom stereocenters. The number of aromatic nitrogens is 1. The van der Waals surface area contributed by atoms with Crippen molar-refractivity contribution >= 4 is 30.1 Å². The lowest BCUT2D eigenvalue weighted by molar-refractivity contribution is -0.131. The van der Waals surface area contributed by atoms with Crippen molar-refractivity contribution in [2.75, 3.05) is 18.8 Å². The largest absolute Gasteiger partial charge is 0.333 e. The zero-order valence-corrected chi connectivity index (χ0v) is 16.6. The molecule has 0 bridgehead atoms. The van der Waals surface area contributed by atoms with Crippen LogP contribution in [0.3, 0.4) is 0 Å². The molecule has 136 valence electrons. The fourth-order valence-corrected chi connectivity index (χ4v) is 3.48. The highest BCUT2D eigenvalue weighted by Gasteiger charge is 2.26. The number of halogens is 1. The molecule has 0 saturated carbocycles. The quantitative estimate of drug-likeness (QED) is 0.860. The third-order valence-electron chi connectivity index (χ3n) is 3.99. The summed E-state index contributed by atoms with van der Waals surface area (Å²) in [6.07, 6.45) is 5.03. The topological polar surface area (TPSA) is 45.2 Å². The molecule has 1 aliphatic heterocycles. The van der Waals surface area contributed by atoms with Crippen LogP contribution in [0.25, 0.3) is 0 Å². The van der Waals surface area contributed by atoms with Crippen LogP contribution in [0.2, 0.25) is 0 Å². The van der Waals surface area contributed by atoms with Crippen molar-refractivity contribution in [2.24, 2.45) is 0 Å². The number of rotatable bonds is 5. The minimum atomic E-state index is 0. The molecular weight excluding hydrogens is 342 g/mol. The van der Waals surface area contributed by atoms with Crippen LogP contribution >= 0.6 is 24.2 Å². The average Bonchev–Trinajstić information content (AvgIpc) is 2.80. The van der Waals surface area contributed by atoms with Gasteiger partial charge in [-0.15, -0.1) is 24.2 Å². The standard InChI is InChI=1S/C18H29N3OS.ClH/c1-18(2,3)23-14-17(22)21(13-15-7-4-5-11-20-15)16-8-6-10-19-12-9-16;/h4-5,7,11,16,19H,6,8-10,12-14H2,1-3H3;1H. The van der Waals surface area contributed by atoms with Crippen molar-refractivity contribution in [1.29, 1.82) is 0 Å². The fourth-order valence-electron chi connectivity index (χ4n) is 2.76. The first kappa shape index (κ1) is 21.3. The Morgan fingerprint density at radius 1 is 1.33 bits per heavy atom. The second-order valence-corrected chi connectivity index (χ2v) is 8.88. The van der Waals surface area contributed by atoms with E-state index in [1.807, 2.05) is 18.2 Å². The van der Waals surface area contributed by atoms with Crippen molar-refractivity contribution < 1.29 is 4.79 Å². The molecule has 0 spiro atoms. The summed E-state index contributed by atoms with van der Waals surface area (Å²) in [5.74, 6) is 0.780. The Hall–Kier alpha value is -0.780. The first-order valence-corrected chi connectivity index (χ1v) is 9.48. The van der Waals surface area contributed by atoms with Crippen LogP contribution in [0.1, 0.15) is 45.7 Å². The predicted molar refractivity (Wildman–Crippen MR) is 105 cm³/mol. The van der Waals surface area contributed by atoms with Gasteiger partial charge in [0.2, 0.25) is 5.91 Å². The van der Waals surface area contributed by atoms with Crippen LogP contribution < -0.4 is 5.32 Å². The summed E-state index contributed by atoms with van der Waals surface area (Å²) in [6.45, 7) is 9.13. The smallest absolute Gasteiger partial charge is 0.233 e. The van der Waals surface area contributed by atoms with Gasteiger partial charge in [-0.3, -0.25) is 9.78 Å². The van der Waals surface area contributed by atoms with E-state index in [0.29, 0.717) is 18.3 Å². The number of hydrogen-bond acceptors (Lipinski definition) is 4. The van der Waals surface area contributed by atoms with Crippen LogP contribution in [-0.4, -0.2) is 45.4 Å².